The van der Waals surface area contributed by atoms with Gasteiger partial charge in [0, 0.05) is 24.0 Å². The Balaban J connectivity index is 2.15. The fourth-order valence-corrected chi connectivity index (χ4v) is 1.44. The second-order valence-electron chi connectivity index (χ2n) is 3.46. The normalized spacial score (nSPS) is 10.2. The SMILES string of the molecule is CO[NH2+]c1ccnc(Nc2cccc(F)c2)c1. The highest BCUT2D eigenvalue weighted by molar-refractivity contribution is 5.57. The molecule has 17 heavy (non-hydrogen) atoms. The zero-order valence-corrected chi connectivity index (χ0v) is 9.35. The molecular formula is C12H13FN3O+. The first-order valence-electron chi connectivity index (χ1n) is 5.12. The lowest BCUT2D eigenvalue weighted by Gasteiger charge is -2.05. The van der Waals surface area contributed by atoms with Crippen LogP contribution in [0.1, 0.15) is 0 Å². The summed E-state index contributed by atoms with van der Waals surface area (Å²) in [6, 6.07) is 9.86. The molecule has 0 aliphatic carbocycles. The molecule has 0 radical (unpaired) electrons. The lowest BCUT2D eigenvalue weighted by Crippen LogP contribution is -2.75. The molecule has 1 aromatic heterocycles. The smallest absolute Gasteiger partial charge is 0.167 e. The van der Waals surface area contributed by atoms with Crippen LogP contribution in [0.3, 0.4) is 0 Å². The highest BCUT2D eigenvalue weighted by Gasteiger charge is 2.01. The van der Waals surface area contributed by atoms with Gasteiger partial charge in [0.25, 0.3) is 0 Å². The van der Waals surface area contributed by atoms with Gasteiger partial charge in [-0.1, -0.05) is 6.07 Å². The van der Waals surface area contributed by atoms with Crippen LogP contribution in [-0.2, 0) is 4.84 Å². The lowest BCUT2D eigenvalue weighted by atomic mass is 10.3. The van der Waals surface area contributed by atoms with Crippen molar-refractivity contribution in [2.24, 2.45) is 0 Å². The number of hydrogen-bond donors (Lipinski definition) is 2. The van der Waals surface area contributed by atoms with Crippen LogP contribution in [0, 0.1) is 5.82 Å². The molecule has 4 nitrogen and oxygen atoms in total. The number of aromatic nitrogens is 1. The first kappa shape index (κ1) is 11.5. The number of rotatable bonds is 4. The van der Waals surface area contributed by atoms with E-state index in [9.17, 15) is 4.39 Å². The molecule has 1 heterocycles. The first-order valence-corrected chi connectivity index (χ1v) is 5.12. The quantitative estimate of drug-likeness (QED) is 0.792. The minimum atomic E-state index is -0.283. The third-order valence-electron chi connectivity index (χ3n) is 2.13. The minimum Gasteiger partial charge on any atom is -0.340 e. The first-order chi connectivity index (χ1) is 8.28. The van der Waals surface area contributed by atoms with Crippen LogP contribution in [0.5, 0.6) is 0 Å². The number of nitrogens with one attached hydrogen (secondary N) is 1. The van der Waals surface area contributed by atoms with Crippen molar-refractivity contribution in [2.45, 2.75) is 0 Å². The second kappa shape index (κ2) is 5.38. The maximum atomic E-state index is 13.0. The molecule has 5 heteroatoms. The number of nitrogens with two attached hydrogens (primary N) is 1. The summed E-state index contributed by atoms with van der Waals surface area (Å²) < 4.78 is 13.0. The molecular weight excluding hydrogens is 221 g/mol. The molecule has 2 rings (SSSR count). The van der Waals surface area contributed by atoms with Crippen molar-refractivity contribution in [3.05, 3.63) is 48.4 Å². The number of pyridine rings is 1. The van der Waals surface area contributed by atoms with Gasteiger partial charge in [0.1, 0.15) is 11.6 Å². The van der Waals surface area contributed by atoms with Crippen LogP contribution in [-0.4, -0.2) is 12.1 Å². The number of anilines is 2. The highest BCUT2D eigenvalue weighted by Crippen LogP contribution is 2.16. The predicted molar refractivity (Wildman–Crippen MR) is 62.5 cm³/mol. The van der Waals surface area contributed by atoms with Gasteiger partial charge in [-0.25, -0.2) is 14.2 Å². The van der Waals surface area contributed by atoms with E-state index in [1.165, 1.54) is 12.1 Å². The summed E-state index contributed by atoms with van der Waals surface area (Å²) >= 11 is 0. The summed E-state index contributed by atoms with van der Waals surface area (Å²) in [7, 11) is 1.58. The Bertz CT molecular complexity index is 505. The fourth-order valence-electron chi connectivity index (χ4n) is 1.44. The van der Waals surface area contributed by atoms with Crippen LogP contribution >= 0.6 is 0 Å². The van der Waals surface area contributed by atoms with Gasteiger partial charge >= 0.3 is 0 Å². The van der Waals surface area contributed by atoms with Crippen molar-refractivity contribution >= 4 is 17.2 Å². The maximum Gasteiger partial charge on any atom is 0.167 e. The van der Waals surface area contributed by atoms with Crippen LogP contribution in [0.25, 0.3) is 0 Å². The van der Waals surface area contributed by atoms with E-state index < -0.39 is 0 Å². The van der Waals surface area contributed by atoms with Gasteiger partial charge in [0.2, 0.25) is 0 Å². The monoisotopic (exact) mass is 234 g/mol. The number of benzene rings is 1. The Labute approximate surface area is 98.4 Å². The van der Waals surface area contributed by atoms with Gasteiger partial charge < -0.3 is 5.32 Å². The third-order valence-corrected chi connectivity index (χ3v) is 2.13. The van der Waals surface area contributed by atoms with Crippen molar-refractivity contribution in [1.82, 2.24) is 4.98 Å². The van der Waals surface area contributed by atoms with Crippen LogP contribution in [0.2, 0.25) is 0 Å². The Morgan fingerprint density at radius 3 is 2.94 bits per heavy atom. The molecule has 0 saturated heterocycles. The van der Waals surface area contributed by atoms with E-state index in [0.717, 1.165) is 5.69 Å². The Morgan fingerprint density at radius 2 is 2.18 bits per heavy atom. The average molecular weight is 234 g/mol. The summed E-state index contributed by atoms with van der Waals surface area (Å²) in [5.41, 5.74) is 3.16. The molecule has 0 saturated carbocycles. The van der Waals surface area contributed by atoms with Gasteiger partial charge in [-0.05, 0) is 18.2 Å². The Hall–Kier alpha value is -1.98. The Morgan fingerprint density at radius 1 is 1.29 bits per heavy atom. The Kier molecular flexibility index (Phi) is 3.64. The average Bonchev–Trinajstić information content (AvgIpc) is 2.30. The standard InChI is InChI=1S/C12H12FN3O/c1-17-16-11-5-6-14-12(8-11)15-10-4-2-3-9(13)7-10/h2-8H,1H3,(H2,14,15,16)/p+1. The number of hydrogen-bond acceptors (Lipinski definition) is 3. The van der Waals surface area contributed by atoms with Crippen LogP contribution < -0.4 is 10.8 Å². The van der Waals surface area contributed by atoms with Gasteiger partial charge in [0.05, 0.1) is 7.11 Å². The van der Waals surface area contributed by atoms with E-state index in [4.69, 9.17) is 4.84 Å². The number of halogens is 1. The van der Waals surface area contributed by atoms with Gasteiger partial charge in [-0.2, -0.15) is 5.48 Å². The third kappa shape index (κ3) is 3.24. The summed E-state index contributed by atoms with van der Waals surface area (Å²) in [5.74, 6) is 0.357. The van der Waals surface area contributed by atoms with Crippen LogP contribution in [0.15, 0.2) is 42.6 Å². The molecule has 0 aliphatic heterocycles. The molecule has 0 spiro atoms. The zero-order chi connectivity index (χ0) is 12.1. The molecule has 0 atom stereocenters. The van der Waals surface area contributed by atoms with Crippen molar-refractivity contribution in [3.8, 4) is 0 Å². The topological polar surface area (TPSA) is 50.8 Å². The summed E-state index contributed by atoms with van der Waals surface area (Å²) in [6.45, 7) is 0. The van der Waals surface area contributed by atoms with Crippen molar-refractivity contribution in [3.63, 3.8) is 0 Å². The van der Waals surface area contributed by atoms with Gasteiger partial charge in [-0.3, -0.25) is 0 Å². The van der Waals surface area contributed by atoms with Crippen LogP contribution in [0.4, 0.5) is 21.6 Å². The van der Waals surface area contributed by atoms with E-state index in [1.807, 2.05) is 12.1 Å². The zero-order valence-electron chi connectivity index (χ0n) is 9.35. The van der Waals surface area contributed by atoms with E-state index >= 15 is 0 Å². The van der Waals surface area contributed by atoms with Gasteiger partial charge in [0.15, 0.2) is 5.69 Å². The molecule has 88 valence electrons. The minimum absolute atomic E-state index is 0.283. The summed E-state index contributed by atoms with van der Waals surface area (Å²) in [6.07, 6.45) is 1.66. The van der Waals surface area contributed by atoms with E-state index in [0.29, 0.717) is 11.5 Å². The predicted octanol–water partition coefficient (Wildman–Crippen LogP) is 1.72. The maximum absolute atomic E-state index is 13.0. The molecule has 0 amide bonds. The summed E-state index contributed by atoms with van der Waals surface area (Å²) in [5, 5.41) is 3.02. The molecule has 0 aliphatic rings. The second-order valence-corrected chi connectivity index (χ2v) is 3.46. The molecule has 3 N–H and O–H groups in total. The fraction of sp³-hybridized carbons (Fsp3) is 0.0833. The lowest BCUT2D eigenvalue weighted by molar-refractivity contribution is -0.830. The molecule has 0 bridgehead atoms. The van der Waals surface area contributed by atoms with E-state index in [-0.39, 0.29) is 5.82 Å². The molecule has 0 unspecified atom stereocenters. The van der Waals surface area contributed by atoms with E-state index in [1.54, 1.807) is 30.9 Å². The summed E-state index contributed by atoms with van der Waals surface area (Å²) in [4.78, 5) is 9.05. The van der Waals surface area contributed by atoms with Gasteiger partial charge in [-0.15, -0.1) is 0 Å². The van der Waals surface area contributed by atoms with Crippen molar-refractivity contribution in [1.29, 1.82) is 0 Å². The largest absolute Gasteiger partial charge is 0.340 e. The van der Waals surface area contributed by atoms with Crippen molar-refractivity contribution < 1.29 is 14.7 Å². The van der Waals surface area contributed by atoms with E-state index in [2.05, 4.69) is 10.3 Å². The number of nitrogens with zero attached hydrogens (tertiary/aromatic N) is 1. The number of quaternary nitrogens is 1. The molecule has 0 fully saturated rings. The molecule has 2 aromatic rings. The van der Waals surface area contributed by atoms with Crippen molar-refractivity contribution in [2.75, 3.05) is 12.4 Å². The molecule has 1 aromatic carbocycles. The highest BCUT2D eigenvalue weighted by atomic mass is 19.1.